The van der Waals surface area contributed by atoms with Gasteiger partial charge in [-0.25, -0.2) is 12.8 Å². The van der Waals surface area contributed by atoms with Crippen LogP contribution in [-0.4, -0.2) is 26.6 Å². The fourth-order valence-electron chi connectivity index (χ4n) is 2.20. The molecule has 1 saturated heterocycles. The zero-order valence-electron chi connectivity index (χ0n) is 10.2. The number of hydrogen-bond donors (Lipinski definition) is 0. The molecular weight excluding hydrogens is 307 g/mol. The van der Waals surface area contributed by atoms with Gasteiger partial charge in [0.1, 0.15) is 5.82 Å². The first kappa shape index (κ1) is 14.8. The van der Waals surface area contributed by atoms with E-state index in [1.54, 1.807) is 6.07 Å². The average Bonchev–Trinajstić information content (AvgIpc) is 2.67. The number of amides is 1. The standard InChI is InChI=1S/C12H10ClFN2O3S/c13-20(18,19)7-9-4-12(17)16(6-9)11-2-1-8(5-15)3-10(11)14/h1-3,9H,4,6-7H2. The molecule has 1 heterocycles. The van der Waals surface area contributed by atoms with Gasteiger partial charge >= 0.3 is 0 Å². The molecule has 0 spiro atoms. The topological polar surface area (TPSA) is 78.2 Å². The van der Waals surface area contributed by atoms with Gasteiger partial charge in [0.2, 0.25) is 15.0 Å². The Balaban J connectivity index is 2.22. The molecule has 2 rings (SSSR count). The van der Waals surface area contributed by atoms with Crippen LogP contribution in [0.5, 0.6) is 0 Å². The number of nitrogens with zero attached hydrogens (tertiary/aromatic N) is 2. The Morgan fingerprint density at radius 2 is 2.20 bits per heavy atom. The molecule has 0 aliphatic carbocycles. The Bertz CT molecular complexity index is 699. The van der Waals surface area contributed by atoms with Gasteiger partial charge in [-0.15, -0.1) is 0 Å². The van der Waals surface area contributed by atoms with Crippen molar-refractivity contribution >= 4 is 31.3 Å². The largest absolute Gasteiger partial charge is 0.309 e. The van der Waals surface area contributed by atoms with Gasteiger partial charge in [0, 0.05) is 29.6 Å². The third-order valence-corrected chi connectivity index (χ3v) is 4.26. The lowest BCUT2D eigenvalue weighted by Crippen LogP contribution is -2.26. The predicted octanol–water partition coefficient (Wildman–Crippen LogP) is 1.62. The zero-order valence-corrected chi connectivity index (χ0v) is 11.8. The third kappa shape index (κ3) is 3.26. The van der Waals surface area contributed by atoms with Crippen molar-refractivity contribution in [3.05, 3.63) is 29.6 Å². The Labute approximate surface area is 120 Å². The summed E-state index contributed by atoms with van der Waals surface area (Å²) >= 11 is 0. The van der Waals surface area contributed by atoms with Crippen LogP contribution in [0.2, 0.25) is 0 Å². The molecule has 1 aromatic rings. The number of hydrogen-bond acceptors (Lipinski definition) is 4. The summed E-state index contributed by atoms with van der Waals surface area (Å²) in [5.41, 5.74) is 0.196. The summed E-state index contributed by atoms with van der Waals surface area (Å²) < 4.78 is 35.9. The van der Waals surface area contributed by atoms with Gasteiger partial charge in [0.25, 0.3) is 0 Å². The highest BCUT2D eigenvalue weighted by Crippen LogP contribution is 2.29. The van der Waals surface area contributed by atoms with Gasteiger partial charge in [0.05, 0.1) is 23.1 Å². The fourth-order valence-corrected chi connectivity index (χ4v) is 3.52. The molecule has 0 radical (unpaired) electrons. The quantitative estimate of drug-likeness (QED) is 0.794. The van der Waals surface area contributed by atoms with Crippen LogP contribution in [0.1, 0.15) is 12.0 Å². The van der Waals surface area contributed by atoms with Crippen molar-refractivity contribution in [3.8, 4) is 6.07 Å². The summed E-state index contributed by atoms with van der Waals surface area (Å²) in [5, 5.41) is 8.66. The van der Waals surface area contributed by atoms with Crippen LogP contribution in [0.25, 0.3) is 0 Å². The van der Waals surface area contributed by atoms with E-state index in [9.17, 15) is 17.6 Å². The minimum absolute atomic E-state index is 0.00535. The van der Waals surface area contributed by atoms with Crippen molar-refractivity contribution in [3.63, 3.8) is 0 Å². The van der Waals surface area contributed by atoms with Crippen LogP contribution >= 0.6 is 10.7 Å². The van der Waals surface area contributed by atoms with E-state index in [2.05, 4.69) is 0 Å². The minimum atomic E-state index is -3.70. The van der Waals surface area contributed by atoms with Crippen LogP contribution in [0.4, 0.5) is 10.1 Å². The minimum Gasteiger partial charge on any atom is -0.309 e. The van der Waals surface area contributed by atoms with E-state index in [4.69, 9.17) is 15.9 Å². The van der Waals surface area contributed by atoms with Crippen LogP contribution in [-0.2, 0) is 13.8 Å². The lowest BCUT2D eigenvalue weighted by atomic mass is 10.1. The van der Waals surface area contributed by atoms with Gasteiger partial charge < -0.3 is 4.90 Å². The molecule has 1 unspecified atom stereocenters. The summed E-state index contributed by atoms with van der Waals surface area (Å²) in [6, 6.07) is 5.57. The van der Waals surface area contributed by atoms with E-state index in [0.717, 1.165) is 6.07 Å². The Hall–Kier alpha value is -1.65. The molecule has 1 amide bonds. The van der Waals surface area contributed by atoms with Gasteiger partial charge in [-0.05, 0) is 18.2 Å². The molecule has 8 heteroatoms. The number of carbonyl (C=O) groups is 1. The highest BCUT2D eigenvalue weighted by atomic mass is 35.7. The van der Waals surface area contributed by atoms with E-state index < -0.39 is 20.8 Å². The molecule has 0 aromatic heterocycles. The summed E-state index contributed by atoms with van der Waals surface area (Å²) in [6.07, 6.45) is 0.00535. The molecule has 1 atom stereocenters. The maximum Gasteiger partial charge on any atom is 0.232 e. The maximum atomic E-state index is 13.8. The fraction of sp³-hybridized carbons (Fsp3) is 0.333. The van der Waals surface area contributed by atoms with Crippen LogP contribution in [0, 0.1) is 23.1 Å². The van der Waals surface area contributed by atoms with E-state index in [0.29, 0.717) is 0 Å². The number of nitriles is 1. The second-order valence-corrected chi connectivity index (χ2v) is 7.38. The lowest BCUT2D eigenvalue weighted by Gasteiger charge is -2.17. The highest BCUT2D eigenvalue weighted by Gasteiger charge is 2.34. The summed E-state index contributed by atoms with van der Waals surface area (Å²) in [4.78, 5) is 13.0. The first-order valence-corrected chi connectivity index (χ1v) is 8.20. The smallest absolute Gasteiger partial charge is 0.232 e. The maximum absolute atomic E-state index is 13.8. The number of benzene rings is 1. The van der Waals surface area contributed by atoms with Gasteiger partial charge in [-0.2, -0.15) is 5.26 Å². The number of carbonyl (C=O) groups excluding carboxylic acids is 1. The second-order valence-electron chi connectivity index (χ2n) is 4.56. The van der Waals surface area contributed by atoms with Gasteiger partial charge in [-0.1, -0.05) is 0 Å². The summed E-state index contributed by atoms with van der Waals surface area (Å²) in [6.45, 7) is 0.0909. The number of anilines is 1. The Kier molecular flexibility index (Phi) is 3.97. The first-order valence-electron chi connectivity index (χ1n) is 5.72. The van der Waals surface area contributed by atoms with Crippen molar-refractivity contribution in [2.45, 2.75) is 6.42 Å². The second kappa shape index (κ2) is 5.38. The van der Waals surface area contributed by atoms with Crippen LogP contribution in [0.3, 0.4) is 0 Å². The zero-order chi connectivity index (χ0) is 14.9. The molecular formula is C12H10ClFN2O3S. The first-order chi connectivity index (χ1) is 9.30. The summed E-state index contributed by atoms with van der Waals surface area (Å²) in [7, 11) is 1.46. The molecule has 1 aliphatic heterocycles. The monoisotopic (exact) mass is 316 g/mol. The van der Waals surface area contributed by atoms with Crippen molar-refractivity contribution in [1.29, 1.82) is 5.26 Å². The van der Waals surface area contributed by atoms with E-state index in [-0.39, 0.29) is 35.9 Å². The predicted molar refractivity (Wildman–Crippen MR) is 71.2 cm³/mol. The van der Waals surface area contributed by atoms with Crippen molar-refractivity contribution < 1.29 is 17.6 Å². The Morgan fingerprint density at radius 3 is 2.75 bits per heavy atom. The number of halogens is 2. The van der Waals surface area contributed by atoms with E-state index in [1.165, 1.54) is 17.0 Å². The molecule has 106 valence electrons. The third-order valence-electron chi connectivity index (χ3n) is 3.01. The average molecular weight is 317 g/mol. The van der Waals surface area contributed by atoms with E-state index in [1.807, 2.05) is 0 Å². The normalized spacial score (nSPS) is 19.1. The lowest BCUT2D eigenvalue weighted by molar-refractivity contribution is -0.117. The highest BCUT2D eigenvalue weighted by molar-refractivity contribution is 8.13. The van der Waals surface area contributed by atoms with Crippen molar-refractivity contribution in [2.24, 2.45) is 5.92 Å². The summed E-state index contributed by atoms with van der Waals surface area (Å²) in [5.74, 6) is -1.83. The van der Waals surface area contributed by atoms with Crippen molar-refractivity contribution in [2.75, 3.05) is 17.2 Å². The molecule has 1 aromatic carbocycles. The molecule has 0 saturated carbocycles. The molecule has 5 nitrogen and oxygen atoms in total. The number of rotatable bonds is 3. The molecule has 0 bridgehead atoms. The van der Waals surface area contributed by atoms with Gasteiger partial charge in [0.15, 0.2) is 0 Å². The van der Waals surface area contributed by atoms with E-state index >= 15 is 0 Å². The molecule has 1 fully saturated rings. The van der Waals surface area contributed by atoms with Crippen LogP contribution in [0.15, 0.2) is 18.2 Å². The van der Waals surface area contributed by atoms with Crippen molar-refractivity contribution in [1.82, 2.24) is 0 Å². The van der Waals surface area contributed by atoms with Gasteiger partial charge in [-0.3, -0.25) is 4.79 Å². The Morgan fingerprint density at radius 1 is 1.50 bits per heavy atom. The molecule has 0 N–H and O–H groups in total. The van der Waals surface area contributed by atoms with Crippen LogP contribution < -0.4 is 4.90 Å². The SMILES string of the molecule is N#Cc1ccc(N2CC(CS(=O)(=O)Cl)CC2=O)c(F)c1. The molecule has 20 heavy (non-hydrogen) atoms. The molecule has 1 aliphatic rings.